The molecule has 0 bridgehead atoms. The van der Waals surface area contributed by atoms with Gasteiger partial charge < -0.3 is 10.5 Å². The summed E-state index contributed by atoms with van der Waals surface area (Å²) in [6.45, 7) is 4.13. The highest BCUT2D eigenvalue weighted by atomic mass is 16.5. The van der Waals surface area contributed by atoms with Crippen LogP contribution in [0.3, 0.4) is 0 Å². The smallest absolute Gasteiger partial charge is 0.343 e. The van der Waals surface area contributed by atoms with Crippen molar-refractivity contribution in [3.63, 3.8) is 0 Å². The van der Waals surface area contributed by atoms with Gasteiger partial charge in [0.15, 0.2) is 0 Å². The number of benzene rings is 2. The van der Waals surface area contributed by atoms with Crippen LogP contribution in [0.1, 0.15) is 53.7 Å². The SMILES string of the molecule is CCCCC(N)c1cc(C)ccc1C(=O)Oc1ccccc1. The van der Waals surface area contributed by atoms with E-state index >= 15 is 0 Å². The highest BCUT2D eigenvalue weighted by molar-refractivity contribution is 5.93. The van der Waals surface area contributed by atoms with Crippen LogP contribution in [0.4, 0.5) is 0 Å². The average Bonchev–Trinajstić information content (AvgIpc) is 2.53. The number of hydrogen-bond donors (Lipinski definition) is 1. The summed E-state index contributed by atoms with van der Waals surface area (Å²) in [7, 11) is 0. The Labute approximate surface area is 132 Å². The van der Waals surface area contributed by atoms with E-state index < -0.39 is 0 Å². The normalized spacial score (nSPS) is 12.0. The minimum atomic E-state index is -0.354. The first-order chi connectivity index (χ1) is 10.6. The zero-order valence-electron chi connectivity index (χ0n) is 13.2. The van der Waals surface area contributed by atoms with Gasteiger partial charge in [0.25, 0.3) is 0 Å². The molecule has 0 radical (unpaired) electrons. The van der Waals surface area contributed by atoms with Gasteiger partial charge in [-0.05, 0) is 37.1 Å². The molecule has 2 aromatic carbocycles. The molecular weight excluding hydrogens is 274 g/mol. The van der Waals surface area contributed by atoms with Crippen LogP contribution in [0.5, 0.6) is 5.75 Å². The number of esters is 1. The molecule has 116 valence electrons. The molecule has 2 rings (SSSR count). The summed E-state index contributed by atoms with van der Waals surface area (Å²) in [5, 5.41) is 0. The van der Waals surface area contributed by atoms with Crippen molar-refractivity contribution in [1.82, 2.24) is 0 Å². The molecule has 2 aromatic rings. The first-order valence-electron chi connectivity index (χ1n) is 7.75. The van der Waals surface area contributed by atoms with E-state index in [1.54, 1.807) is 12.1 Å². The Hall–Kier alpha value is -2.13. The highest BCUT2D eigenvalue weighted by Gasteiger charge is 2.18. The van der Waals surface area contributed by atoms with Crippen LogP contribution in [-0.4, -0.2) is 5.97 Å². The molecule has 0 aliphatic heterocycles. The third-order valence-corrected chi connectivity index (χ3v) is 3.65. The highest BCUT2D eigenvalue weighted by Crippen LogP contribution is 2.24. The van der Waals surface area contributed by atoms with Gasteiger partial charge in [-0.2, -0.15) is 0 Å². The van der Waals surface area contributed by atoms with Crippen molar-refractivity contribution in [2.75, 3.05) is 0 Å². The third kappa shape index (κ3) is 4.18. The third-order valence-electron chi connectivity index (χ3n) is 3.65. The van der Waals surface area contributed by atoms with Crippen LogP contribution in [0.25, 0.3) is 0 Å². The molecule has 2 N–H and O–H groups in total. The number of rotatable bonds is 6. The fourth-order valence-electron chi connectivity index (χ4n) is 2.40. The van der Waals surface area contributed by atoms with Crippen LogP contribution in [0.15, 0.2) is 48.5 Å². The Kier molecular flexibility index (Phi) is 5.73. The van der Waals surface area contributed by atoms with Crippen LogP contribution in [-0.2, 0) is 0 Å². The fraction of sp³-hybridized carbons (Fsp3) is 0.316. The van der Waals surface area contributed by atoms with Crippen molar-refractivity contribution in [1.29, 1.82) is 0 Å². The zero-order valence-corrected chi connectivity index (χ0v) is 13.2. The van der Waals surface area contributed by atoms with E-state index in [9.17, 15) is 4.79 Å². The van der Waals surface area contributed by atoms with Crippen molar-refractivity contribution in [3.8, 4) is 5.75 Å². The first-order valence-corrected chi connectivity index (χ1v) is 7.75. The second-order valence-corrected chi connectivity index (χ2v) is 5.54. The summed E-state index contributed by atoms with van der Waals surface area (Å²) in [5.74, 6) is 0.189. The lowest BCUT2D eigenvalue weighted by atomic mass is 9.95. The van der Waals surface area contributed by atoms with Gasteiger partial charge in [-0.3, -0.25) is 0 Å². The van der Waals surface area contributed by atoms with E-state index in [0.717, 1.165) is 30.4 Å². The molecule has 0 saturated carbocycles. The van der Waals surface area contributed by atoms with Gasteiger partial charge in [0.2, 0.25) is 0 Å². The van der Waals surface area contributed by atoms with Crippen molar-refractivity contribution < 1.29 is 9.53 Å². The molecule has 0 heterocycles. The molecule has 0 aromatic heterocycles. The second kappa shape index (κ2) is 7.76. The Morgan fingerprint density at radius 1 is 1.18 bits per heavy atom. The predicted octanol–water partition coefficient (Wildman–Crippen LogP) is 4.40. The van der Waals surface area contributed by atoms with Gasteiger partial charge in [0, 0.05) is 6.04 Å². The zero-order chi connectivity index (χ0) is 15.9. The maximum absolute atomic E-state index is 12.4. The van der Waals surface area contributed by atoms with E-state index in [2.05, 4.69) is 6.92 Å². The summed E-state index contributed by atoms with van der Waals surface area (Å²) in [6, 6.07) is 14.7. The molecule has 0 spiro atoms. The topological polar surface area (TPSA) is 52.3 Å². The van der Waals surface area contributed by atoms with Gasteiger partial charge in [0.1, 0.15) is 5.75 Å². The monoisotopic (exact) mass is 297 g/mol. The molecular formula is C19H23NO2. The molecule has 0 aliphatic carbocycles. The van der Waals surface area contributed by atoms with E-state index in [-0.39, 0.29) is 12.0 Å². The minimum Gasteiger partial charge on any atom is -0.423 e. The van der Waals surface area contributed by atoms with Gasteiger partial charge in [-0.1, -0.05) is 55.7 Å². The molecule has 0 amide bonds. The lowest BCUT2D eigenvalue weighted by Crippen LogP contribution is -2.18. The average molecular weight is 297 g/mol. The molecule has 1 unspecified atom stereocenters. The summed E-state index contributed by atoms with van der Waals surface area (Å²) in [4.78, 5) is 12.4. The Balaban J connectivity index is 2.24. The fourth-order valence-corrected chi connectivity index (χ4v) is 2.40. The molecule has 0 saturated heterocycles. The molecule has 3 nitrogen and oxygen atoms in total. The van der Waals surface area contributed by atoms with Gasteiger partial charge in [-0.25, -0.2) is 4.79 Å². The quantitative estimate of drug-likeness (QED) is 0.635. The number of para-hydroxylation sites is 1. The maximum atomic E-state index is 12.4. The lowest BCUT2D eigenvalue weighted by molar-refractivity contribution is 0.0733. The summed E-state index contributed by atoms with van der Waals surface area (Å²) in [5.41, 5.74) is 8.79. The molecule has 22 heavy (non-hydrogen) atoms. The molecule has 0 aliphatic rings. The Morgan fingerprint density at radius 2 is 1.91 bits per heavy atom. The number of unbranched alkanes of at least 4 members (excludes halogenated alkanes) is 1. The maximum Gasteiger partial charge on any atom is 0.343 e. The first kappa shape index (κ1) is 16.2. The number of nitrogens with two attached hydrogens (primary N) is 1. The van der Waals surface area contributed by atoms with Crippen molar-refractivity contribution in [3.05, 3.63) is 65.2 Å². The van der Waals surface area contributed by atoms with Gasteiger partial charge >= 0.3 is 5.97 Å². The number of ether oxygens (including phenoxy) is 1. The van der Waals surface area contributed by atoms with E-state index in [1.165, 1.54) is 0 Å². The molecule has 1 atom stereocenters. The largest absolute Gasteiger partial charge is 0.423 e. The summed E-state index contributed by atoms with van der Waals surface area (Å²) in [6.07, 6.45) is 3.00. The number of carbonyl (C=O) groups is 1. The minimum absolute atomic E-state index is 0.141. The number of carbonyl (C=O) groups excluding carboxylic acids is 1. The van der Waals surface area contributed by atoms with Gasteiger partial charge in [0.05, 0.1) is 5.56 Å². The van der Waals surface area contributed by atoms with Crippen LogP contribution >= 0.6 is 0 Å². The Bertz CT molecular complexity index is 623. The van der Waals surface area contributed by atoms with Gasteiger partial charge in [-0.15, -0.1) is 0 Å². The second-order valence-electron chi connectivity index (χ2n) is 5.54. The lowest BCUT2D eigenvalue weighted by Gasteiger charge is -2.16. The van der Waals surface area contributed by atoms with E-state index in [1.807, 2.05) is 43.3 Å². The predicted molar refractivity (Wildman–Crippen MR) is 89.0 cm³/mol. The van der Waals surface area contributed by atoms with E-state index in [0.29, 0.717) is 11.3 Å². The van der Waals surface area contributed by atoms with Crippen molar-refractivity contribution >= 4 is 5.97 Å². The standard InChI is InChI=1S/C19H23NO2/c1-3-4-10-18(20)17-13-14(2)11-12-16(17)19(21)22-15-8-6-5-7-9-15/h5-9,11-13,18H,3-4,10,20H2,1-2H3. The van der Waals surface area contributed by atoms with Crippen molar-refractivity contribution in [2.24, 2.45) is 5.73 Å². The van der Waals surface area contributed by atoms with Crippen molar-refractivity contribution in [2.45, 2.75) is 39.2 Å². The molecule has 0 fully saturated rings. The van der Waals surface area contributed by atoms with Crippen LogP contribution in [0.2, 0.25) is 0 Å². The van der Waals surface area contributed by atoms with Crippen LogP contribution < -0.4 is 10.5 Å². The Morgan fingerprint density at radius 3 is 2.59 bits per heavy atom. The summed E-state index contributed by atoms with van der Waals surface area (Å²) >= 11 is 0. The summed E-state index contributed by atoms with van der Waals surface area (Å²) < 4.78 is 5.44. The van der Waals surface area contributed by atoms with E-state index in [4.69, 9.17) is 10.5 Å². The van der Waals surface area contributed by atoms with Crippen LogP contribution in [0, 0.1) is 6.92 Å². The number of aryl methyl sites for hydroxylation is 1. The number of hydrogen-bond acceptors (Lipinski definition) is 3. The molecule has 3 heteroatoms.